The van der Waals surface area contributed by atoms with Crippen molar-refractivity contribution in [1.82, 2.24) is 5.16 Å². The second-order valence-electron chi connectivity index (χ2n) is 7.07. The van der Waals surface area contributed by atoms with E-state index < -0.39 is 21.0 Å². The molecule has 0 N–H and O–H groups in total. The Bertz CT molecular complexity index is 897. The molecule has 1 fully saturated rings. The number of benzene rings is 1. The summed E-state index contributed by atoms with van der Waals surface area (Å²) in [5.41, 5.74) is -0.247. The van der Waals surface area contributed by atoms with Crippen LogP contribution in [0, 0.1) is 0 Å². The highest BCUT2D eigenvalue weighted by Crippen LogP contribution is 2.31. The number of aromatic nitrogens is 1. The van der Waals surface area contributed by atoms with Gasteiger partial charge in [0.1, 0.15) is 11.0 Å². The second-order valence-corrected chi connectivity index (χ2v) is 9.63. The predicted molar refractivity (Wildman–Crippen MR) is 94.6 cm³/mol. The van der Waals surface area contributed by atoms with Crippen LogP contribution in [-0.2, 0) is 20.0 Å². The first-order chi connectivity index (χ1) is 11.6. The zero-order valence-corrected chi connectivity index (χ0v) is 15.8. The minimum absolute atomic E-state index is 0.0904. The Kier molecular flexibility index (Phi) is 4.41. The van der Waals surface area contributed by atoms with Crippen LogP contribution in [0.15, 0.2) is 39.8 Å². The Balaban J connectivity index is 1.86. The average molecular weight is 383 g/mol. The van der Waals surface area contributed by atoms with Crippen molar-refractivity contribution in [1.29, 1.82) is 0 Å². The number of anilines is 1. The zero-order valence-electron chi connectivity index (χ0n) is 14.2. The lowest BCUT2D eigenvalue weighted by molar-refractivity contribution is -0.116. The van der Waals surface area contributed by atoms with Crippen LogP contribution in [0.5, 0.6) is 0 Å². The fraction of sp³-hybridized carbons (Fsp3) is 0.412. The first kappa shape index (κ1) is 17.9. The third-order valence-electron chi connectivity index (χ3n) is 4.19. The van der Waals surface area contributed by atoms with Gasteiger partial charge in [0.05, 0.1) is 4.90 Å². The molecule has 0 spiro atoms. The number of sulfone groups is 1. The van der Waals surface area contributed by atoms with Crippen LogP contribution in [0.25, 0.3) is 0 Å². The molecular weight excluding hydrogens is 364 g/mol. The van der Waals surface area contributed by atoms with E-state index in [1.165, 1.54) is 29.2 Å². The summed E-state index contributed by atoms with van der Waals surface area (Å²) < 4.78 is 30.8. The van der Waals surface area contributed by atoms with Crippen molar-refractivity contribution in [3.05, 3.63) is 41.1 Å². The van der Waals surface area contributed by atoms with E-state index in [-0.39, 0.29) is 23.3 Å². The van der Waals surface area contributed by atoms with Crippen LogP contribution < -0.4 is 4.90 Å². The Morgan fingerprint density at radius 1 is 1.24 bits per heavy atom. The largest absolute Gasteiger partial charge is 0.359 e. The van der Waals surface area contributed by atoms with E-state index in [1.807, 2.05) is 20.8 Å². The van der Waals surface area contributed by atoms with Gasteiger partial charge in [-0.15, -0.1) is 0 Å². The van der Waals surface area contributed by atoms with Gasteiger partial charge in [-0.3, -0.25) is 9.69 Å². The van der Waals surface area contributed by atoms with E-state index in [1.54, 1.807) is 6.07 Å². The van der Waals surface area contributed by atoms with Crippen LogP contribution >= 0.6 is 11.6 Å². The molecule has 1 aromatic heterocycles. The minimum Gasteiger partial charge on any atom is -0.359 e. The monoisotopic (exact) mass is 382 g/mol. The molecule has 3 rings (SSSR count). The standard InChI is InChI=1S/C17H19ClN2O4S/c1-17(2,3)14-10-15(19-24-14)20-9-8-13(16(20)21)25(22,23)12-6-4-11(18)5-7-12/h4-7,10,13H,8-9H2,1-3H3. The van der Waals surface area contributed by atoms with Gasteiger partial charge in [0.2, 0.25) is 5.91 Å². The van der Waals surface area contributed by atoms with Gasteiger partial charge in [-0.25, -0.2) is 8.42 Å². The highest BCUT2D eigenvalue weighted by molar-refractivity contribution is 7.92. The van der Waals surface area contributed by atoms with Crippen molar-refractivity contribution in [2.24, 2.45) is 0 Å². The second kappa shape index (κ2) is 6.14. The highest BCUT2D eigenvalue weighted by atomic mass is 35.5. The van der Waals surface area contributed by atoms with Crippen LogP contribution in [0.2, 0.25) is 5.02 Å². The molecule has 2 aromatic rings. The van der Waals surface area contributed by atoms with E-state index in [9.17, 15) is 13.2 Å². The SMILES string of the molecule is CC(C)(C)c1cc(N2CCC(S(=O)(=O)c3ccc(Cl)cc3)C2=O)no1. The van der Waals surface area contributed by atoms with Gasteiger partial charge in [-0.1, -0.05) is 37.5 Å². The Morgan fingerprint density at radius 3 is 2.44 bits per heavy atom. The van der Waals surface area contributed by atoms with E-state index in [0.717, 1.165) is 0 Å². The molecule has 1 aliphatic rings. The molecule has 1 saturated heterocycles. The van der Waals surface area contributed by atoms with Crippen LogP contribution in [0.3, 0.4) is 0 Å². The van der Waals surface area contributed by atoms with Gasteiger partial charge in [0, 0.05) is 23.0 Å². The fourth-order valence-corrected chi connectivity index (χ4v) is 4.48. The maximum absolute atomic E-state index is 12.8. The van der Waals surface area contributed by atoms with Gasteiger partial charge in [0.25, 0.3) is 0 Å². The molecule has 2 heterocycles. The third kappa shape index (κ3) is 3.30. The molecule has 1 aromatic carbocycles. The van der Waals surface area contributed by atoms with Crippen molar-refractivity contribution in [2.75, 3.05) is 11.4 Å². The molecular formula is C17H19ClN2O4S. The highest BCUT2D eigenvalue weighted by Gasteiger charge is 2.43. The van der Waals surface area contributed by atoms with Crippen molar-refractivity contribution in [3.63, 3.8) is 0 Å². The fourth-order valence-electron chi connectivity index (χ4n) is 2.70. The third-order valence-corrected chi connectivity index (χ3v) is 6.55. The molecule has 25 heavy (non-hydrogen) atoms. The summed E-state index contributed by atoms with van der Waals surface area (Å²) in [5, 5.41) is 3.25. The molecule has 0 saturated carbocycles. The number of carbonyl (C=O) groups excluding carboxylic acids is 1. The predicted octanol–water partition coefficient (Wildman–Crippen LogP) is 3.20. The topological polar surface area (TPSA) is 80.5 Å². The van der Waals surface area contributed by atoms with Crippen LogP contribution in [-0.4, -0.2) is 31.3 Å². The molecule has 6 nitrogen and oxygen atoms in total. The smallest absolute Gasteiger partial charge is 0.247 e. The van der Waals surface area contributed by atoms with Gasteiger partial charge in [0.15, 0.2) is 15.7 Å². The summed E-state index contributed by atoms with van der Waals surface area (Å²) in [7, 11) is -3.78. The van der Waals surface area contributed by atoms with Crippen LogP contribution in [0.1, 0.15) is 33.0 Å². The molecule has 1 amide bonds. The number of hydrogen-bond donors (Lipinski definition) is 0. The van der Waals surface area contributed by atoms with E-state index in [4.69, 9.17) is 16.1 Å². The molecule has 0 radical (unpaired) electrons. The zero-order chi connectivity index (χ0) is 18.4. The summed E-state index contributed by atoms with van der Waals surface area (Å²) >= 11 is 5.80. The molecule has 1 atom stereocenters. The lowest BCUT2D eigenvalue weighted by atomic mass is 9.93. The Morgan fingerprint density at radius 2 is 1.88 bits per heavy atom. The first-order valence-electron chi connectivity index (χ1n) is 7.89. The molecule has 8 heteroatoms. The number of rotatable bonds is 3. The van der Waals surface area contributed by atoms with Crippen LogP contribution in [0.4, 0.5) is 5.82 Å². The number of hydrogen-bond acceptors (Lipinski definition) is 5. The van der Waals surface area contributed by atoms with Gasteiger partial charge in [-0.05, 0) is 30.7 Å². The number of amides is 1. The summed E-state index contributed by atoms with van der Waals surface area (Å²) in [4.78, 5) is 14.2. The number of halogens is 1. The van der Waals surface area contributed by atoms with E-state index in [2.05, 4.69) is 5.16 Å². The lowest BCUT2D eigenvalue weighted by Crippen LogP contribution is -2.34. The summed E-state index contributed by atoms with van der Waals surface area (Å²) in [6.07, 6.45) is 0.210. The minimum atomic E-state index is -3.78. The van der Waals surface area contributed by atoms with Crippen molar-refractivity contribution >= 4 is 33.2 Å². The number of carbonyl (C=O) groups is 1. The summed E-state index contributed by atoms with van der Waals surface area (Å²) in [6, 6.07) is 7.52. The van der Waals surface area contributed by atoms with Crippen molar-refractivity contribution in [2.45, 2.75) is 42.8 Å². The molecule has 0 aliphatic carbocycles. The van der Waals surface area contributed by atoms with Crippen molar-refractivity contribution < 1.29 is 17.7 Å². The average Bonchev–Trinajstić information content (AvgIpc) is 3.13. The molecule has 1 unspecified atom stereocenters. The maximum atomic E-state index is 12.8. The lowest BCUT2D eigenvalue weighted by Gasteiger charge is -2.14. The van der Waals surface area contributed by atoms with Gasteiger partial charge in [-0.2, -0.15) is 0 Å². The van der Waals surface area contributed by atoms with E-state index in [0.29, 0.717) is 16.6 Å². The van der Waals surface area contributed by atoms with Gasteiger partial charge < -0.3 is 4.52 Å². The quantitative estimate of drug-likeness (QED) is 0.814. The Hall–Kier alpha value is -1.86. The molecule has 134 valence electrons. The summed E-state index contributed by atoms with van der Waals surface area (Å²) in [6.45, 7) is 6.19. The molecule has 1 aliphatic heterocycles. The Labute approximate surface area is 151 Å². The normalized spacial score (nSPS) is 18.8. The first-order valence-corrected chi connectivity index (χ1v) is 9.81. The van der Waals surface area contributed by atoms with Gasteiger partial charge >= 0.3 is 0 Å². The van der Waals surface area contributed by atoms with E-state index >= 15 is 0 Å². The summed E-state index contributed by atoms with van der Waals surface area (Å²) in [5.74, 6) is 0.506. The maximum Gasteiger partial charge on any atom is 0.247 e. The molecule has 0 bridgehead atoms. The number of nitrogens with zero attached hydrogens (tertiary/aromatic N) is 2. The van der Waals surface area contributed by atoms with Crippen molar-refractivity contribution in [3.8, 4) is 0 Å².